The highest BCUT2D eigenvalue weighted by molar-refractivity contribution is 5.57. The molecule has 4 heteroatoms. The Kier molecular flexibility index (Phi) is 5.04. The summed E-state index contributed by atoms with van der Waals surface area (Å²) in [5, 5.41) is 2.72. The Bertz CT molecular complexity index is 689. The van der Waals surface area contributed by atoms with Crippen molar-refractivity contribution in [1.82, 2.24) is 5.32 Å². The van der Waals surface area contributed by atoms with Gasteiger partial charge >= 0.3 is 0 Å². The molecule has 126 valence electrons. The fraction of sp³-hybridized carbons (Fsp3) is 0.350. The first-order chi connectivity index (χ1) is 11.7. The molecular weight excluding hydrogens is 298 g/mol. The Hall–Kier alpha value is -2.49. The van der Waals surface area contributed by atoms with E-state index in [1.54, 1.807) is 0 Å². The van der Waals surface area contributed by atoms with E-state index in [0.717, 1.165) is 38.2 Å². The van der Waals surface area contributed by atoms with Gasteiger partial charge in [0.05, 0.1) is 0 Å². The van der Waals surface area contributed by atoms with Crippen LogP contribution in [-0.4, -0.2) is 32.6 Å². The fourth-order valence-electron chi connectivity index (χ4n) is 3.30. The zero-order valence-corrected chi connectivity index (χ0v) is 14.5. The number of carbonyl (C=O) groups excluding carboxylic acids is 1. The van der Waals surface area contributed by atoms with Crippen molar-refractivity contribution >= 4 is 17.8 Å². The minimum Gasteiger partial charge on any atom is -0.368 e. The van der Waals surface area contributed by atoms with Crippen LogP contribution in [0.1, 0.15) is 16.7 Å². The van der Waals surface area contributed by atoms with Gasteiger partial charge in [-0.15, -0.1) is 0 Å². The zero-order valence-electron chi connectivity index (χ0n) is 14.5. The van der Waals surface area contributed by atoms with Gasteiger partial charge in [0.1, 0.15) is 0 Å². The normalized spacial score (nSPS) is 14.6. The van der Waals surface area contributed by atoms with E-state index < -0.39 is 0 Å². The smallest absolute Gasteiger partial charge is 0.207 e. The van der Waals surface area contributed by atoms with Gasteiger partial charge in [-0.2, -0.15) is 0 Å². The van der Waals surface area contributed by atoms with Crippen LogP contribution in [0.25, 0.3) is 0 Å². The average molecular weight is 323 g/mol. The largest absolute Gasteiger partial charge is 0.368 e. The maximum Gasteiger partial charge on any atom is 0.207 e. The van der Waals surface area contributed by atoms with Gasteiger partial charge in [0, 0.05) is 44.1 Å². The molecule has 4 nitrogen and oxygen atoms in total. The van der Waals surface area contributed by atoms with E-state index in [4.69, 9.17) is 0 Å². The Morgan fingerprint density at radius 1 is 0.958 bits per heavy atom. The molecule has 2 aromatic carbocycles. The van der Waals surface area contributed by atoms with Gasteiger partial charge in [-0.1, -0.05) is 29.8 Å². The number of nitrogens with one attached hydrogen (secondary N) is 1. The molecule has 1 heterocycles. The molecule has 2 aromatic rings. The molecule has 3 rings (SSSR count). The molecule has 1 aliphatic heterocycles. The van der Waals surface area contributed by atoms with Crippen molar-refractivity contribution in [2.45, 2.75) is 20.4 Å². The molecule has 1 amide bonds. The third-order valence-electron chi connectivity index (χ3n) is 4.67. The van der Waals surface area contributed by atoms with Crippen LogP contribution in [0.3, 0.4) is 0 Å². The summed E-state index contributed by atoms with van der Waals surface area (Å²) < 4.78 is 0. The predicted molar refractivity (Wildman–Crippen MR) is 99.7 cm³/mol. The highest BCUT2D eigenvalue weighted by Gasteiger charge is 2.18. The molecule has 0 radical (unpaired) electrons. The summed E-state index contributed by atoms with van der Waals surface area (Å²) in [5.41, 5.74) is 6.32. The number of aryl methyl sites for hydroxylation is 2. The number of benzene rings is 2. The van der Waals surface area contributed by atoms with Crippen LogP contribution in [0.2, 0.25) is 0 Å². The van der Waals surface area contributed by atoms with E-state index >= 15 is 0 Å². The lowest BCUT2D eigenvalue weighted by Crippen LogP contribution is -2.46. The van der Waals surface area contributed by atoms with Crippen LogP contribution in [-0.2, 0) is 11.3 Å². The summed E-state index contributed by atoms with van der Waals surface area (Å²) in [4.78, 5) is 15.3. The van der Waals surface area contributed by atoms with Crippen molar-refractivity contribution in [3.05, 3.63) is 59.2 Å². The van der Waals surface area contributed by atoms with Crippen molar-refractivity contribution in [1.29, 1.82) is 0 Å². The summed E-state index contributed by atoms with van der Waals surface area (Å²) in [7, 11) is 0. The summed E-state index contributed by atoms with van der Waals surface area (Å²) in [6.45, 7) is 8.99. The minimum absolute atomic E-state index is 0.589. The molecule has 1 N–H and O–H groups in total. The quantitative estimate of drug-likeness (QED) is 0.860. The Morgan fingerprint density at radius 2 is 1.62 bits per heavy atom. The number of amides is 1. The number of hydrogen-bond donors (Lipinski definition) is 1. The number of carbonyl (C=O) groups is 1. The second-order valence-corrected chi connectivity index (χ2v) is 6.43. The van der Waals surface area contributed by atoms with Crippen LogP contribution in [0.4, 0.5) is 11.4 Å². The standard InChI is InChI=1S/C20H25N3O/c1-16-3-6-19(7-4-16)22-9-11-23(12-10-22)20-8-5-18(13-17(20)2)14-21-15-24/h3-8,13,15H,9-12,14H2,1-2H3,(H,21,24). The van der Waals surface area contributed by atoms with Crippen LogP contribution in [0, 0.1) is 13.8 Å². The maximum absolute atomic E-state index is 10.4. The summed E-state index contributed by atoms with van der Waals surface area (Å²) in [5.74, 6) is 0. The molecule has 0 atom stereocenters. The molecule has 1 fully saturated rings. The minimum atomic E-state index is 0.589. The monoisotopic (exact) mass is 323 g/mol. The molecule has 0 bridgehead atoms. The van der Waals surface area contributed by atoms with Crippen LogP contribution < -0.4 is 15.1 Å². The van der Waals surface area contributed by atoms with Crippen molar-refractivity contribution in [3.8, 4) is 0 Å². The third-order valence-corrected chi connectivity index (χ3v) is 4.67. The summed E-state index contributed by atoms with van der Waals surface area (Å²) >= 11 is 0. The second-order valence-electron chi connectivity index (χ2n) is 6.43. The molecule has 0 aromatic heterocycles. The van der Waals surface area contributed by atoms with Gasteiger partial charge in [0.2, 0.25) is 6.41 Å². The molecule has 0 spiro atoms. The predicted octanol–water partition coefficient (Wildman–Crippen LogP) is 2.88. The highest BCUT2D eigenvalue weighted by Crippen LogP contribution is 2.24. The summed E-state index contributed by atoms with van der Waals surface area (Å²) in [6.07, 6.45) is 0.744. The van der Waals surface area contributed by atoms with Crippen molar-refractivity contribution in [2.24, 2.45) is 0 Å². The van der Waals surface area contributed by atoms with E-state index in [2.05, 4.69) is 71.4 Å². The van der Waals surface area contributed by atoms with Crippen molar-refractivity contribution in [2.75, 3.05) is 36.0 Å². The first-order valence-corrected chi connectivity index (χ1v) is 8.50. The Morgan fingerprint density at radius 3 is 2.25 bits per heavy atom. The second kappa shape index (κ2) is 7.39. The number of anilines is 2. The average Bonchev–Trinajstić information content (AvgIpc) is 2.61. The molecule has 0 aliphatic carbocycles. The van der Waals surface area contributed by atoms with Crippen LogP contribution in [0.15, 0.2) is 42.5 Å². The molecule has 0 unspecified atom stereocenters. The highest BCUT2D eigenvalue weighted by atomic mass is 16.1. The Labute approximate surface area is 144 Å². The Balaban J connectivity index is 1.64. The number of nitrogens with zero attached hydrogens (tertiary/aromatic N) is 2. The van der Waals surface area contributed by atoms with Gasteiger partial charge < -0.3 is 15.1 Å². The topological polar surface area (TPSA) is 35.6 Å². The van der Waals surface area contributed by atoms with Crippen molar-refractivity contribution in [3.63, 3.8) is 0 Å². The van der Waals surface area contributed by atoms with Gasteiger partial charge in [-0.3, -0.25) is 4.79 Å². The molecule has 1 saturated heterocycles. The number of hydrogen-bond acceptors (Lipinski definition) is 3. The first-order valence-electron chi connectivity index (χ1n) is 8.50. The van der Waals surface area contributed by atoms with Gasteiger partial charge in [-0.05, 0) is 43.2 Å². The van der Waals surface area contributed by atoms with E-state index in [0.29, 0.717) is 6.54 Å². The van der Waals surface area contributed by atoms with Gasteiger partial charge in [-0.25, -0.2) is 0 Å². The van der Waals surface area contributed by atoms with Crippen LogP contribution >= 0.6 is 0 Å². The zero-order chi connectivity index (χ0) is 16.9. The van der Waals surface area contributed by atoms with Gasteiger partial charge in [0.15, 0.2) is 0 Å². The lowest BCUT2D eigenvalue weighted by Gasteiger charge is -2.38. The fourth-order valence-corrected chi connectivity index (χ4v) is 3.30. The van der Waals surface area contributed by atoms with E-state index in [1.807, 2.05) is 0 Å². The third kappa shape index (κ3) is 3.70. The van der Waals surface area contributed by atoms with Crippen LogP contribution in [0.5, 0.6) is 0 Å². The maximum atomic E-state index is 10.4. The number of rotatable bonds is 5. The molecule has 24 heavy (non-hydrogen) atoms. The first kappa shape index (κ1) is 16.4. The number of piperazine rings is 1. The van der Waals surface area contributed by atoms with E-state index in [-0.39, 0.29) is 0 Å². The van der Waals surface area contributed by atoms with Gasteiger partial charge in [0.25, 0.3) is 0 Å². The molecular formula is C20H25N3O. The SMILES string of the molecule is Cc1ccc(N2CCN(c3ccc(CNC=O)cc3C)CC2)cc1. The van der Waals surface area contributed by atoms with E-state index in [1.165, 1.54) is 22.5 Å². The van der Waals surface area contributed by atoms with E-state index in [9.17, 15) is 4.79 Å². The lowest BCUT2D eigenvalue weighted by atomic mass is 10.1. The molecule has 1 aliphatic rings. The summed E-state index contributed by atoms with van der Waals surface area (Å²) in [6, 6.07) is 15.2. The lowest BCUT2D eigenvalue weighted by molar-refractivity contribution is -0.109. The van der Waals surface area contributed by atoms with Crippen molar-refractivity contribution < 1.29 is 4.79 Å². The molecule has 0 saturated carbocycles.